The molecule has 0 amide bonds. The first-order valence-electron chi connectivity index (χ1n) is 7.28. The molecule has 1 aromatic rings. The largest absolute Gasteiger partial charge is 0.465 e. The van der Waals surface area contributed by atoms with Gasteiger partial charge in [0.1, 0.15) is 0 Å². The van der Waals surface area contributed by atoms with Crippen LogP contribution in [0.4, 0.5) is 0 Å². The summed E-state index contributed by atoms with van der Waals surface area (Å²) in [5.41, 5.74) is 2.06. The van der Waals surface area contributed by atoms with E-state index in [1.54, 1.807) is 18.2 Å². The number of carbonyl (C=O) groups is 2. The quantitative estimate of drug-likeness (QED) is 0.554. The fraction of sp³-hybridized carbons (Fsp3) is 0.529. The topological polar surface area (TPSA) is 43.4 Å². The molecule has 0 atom stereocenters. The van der Waals surface area contributed by atoms with Crippen molar-refractivity contribution in [2.75, 3.05) is 7.11 Å². The van der Waals surface area contributed by atoms with Crippen LogP contribution in [0, 0.1) is 12.8 Å². The van der Waals surface area contributed by atoms with Crippen molar-refractivity contribution < 1.29 is 14.3 Å². The third kappa shape index (κ3) is 3.92. The highest BCUT2D eigenvalue weighted by Gasteiger charge is 2.20. The van der Waals surface area contributed by atoms with Gasteiger partial charge in [-0.25, -0.2) is 4.79 Å². The maximum atomic E-state index is 12.6. The van der Waals surface area contributed by atoms with Crippen molar-refractivity contribution in [1.82, 2.24) is 0 Å². The van der Waals surface area contributed by atoms with Crippen LogP contribution in [0.25, 0.3) is 0 Å². The normalized spacial score (nSPS) is 10.7. The van der Waals surface area contributed by atoms with Gasteiger partial charge in [-0.05, 0) is 37.5 Å². The van der Waals surface area contributed by atoms with Crippen molar-refractivity contribution in [2.45, 2.75) is 46.5 Å². The molecular formula is C17H24O3. The van der Waals surface area contributed by atoms with Crippen LogP contribution in [-0.4, -0.2) is 18.9 Å². The molecule has 0 bridgehead atoms. The number of aryl methyl sites for hydroxylation is 1. The lowest BCUT2D eigenvalue weighted by Gasteiger charge is -2.16. The summed E-state index contributed by atoms with van der Waals surface area (Å²) in [5, 5.41) is 0. The Labute approximate surface area is 121 Å². The van der Waals surface area contributed by atoms with Crippen LogP contribution in [0.5, 0.6) is 0 Å². The molecule has 0 aliphatic rings. The number of rotatable bonds is 7. The number of ketones is 1. The molecule has 20 heavy (non-hydrogen) atoms. The fourth-order valence-corrected chi connectivity index (χ4v) is 2.51. The van der Waals surface area contributed by atoms with Gasteiger partial charge in [-0.2, -0.15) is 0 Å². The first-order chi connectivity index (χ1) is 9.54. The van der Waals surface area contributed by atoms with E-state index in [-0.39, 0.29) is 17.7 Å². The van der Waals surface area contributed by atoms with E-state index in [2.05, 4.69) is 13.8 Å². The van der Waals surface area contributed by atoms with Crippen molar-refractivity contribution in [3.05, 3.63) is 34.9 Å². The first kappa shape index (κ1) is 16.4. The minimum absolute atomic E-state index is 0.0904. The van der Waals surface area contributed by atoms with E-state index >= 15 is 0 Å². The van der Waals surface area contributed by atoms with Crippen LogP contribution in [-0.2, 0) is 4.74 Å². The molecule has 0 spiro atoms. The SMILES string of the molecule is CCCC(CCC)C(=O)c1ccc(C(=O)OC)cc1C. The molecule has 0 aliphatic heterocycles. The molecule has 0 heterocycles. The molecule has 0 aliphatic carbocycles. The van der Waals surface area contributed by atoms with E-state index in [1.807, 2.05) is 6.92 Å². The van der Waals surface area contributed by atoms with Crippen LogP contribution in [0.2, 0.25) is 0 Å². The van der Waals surface area contributed by atoms with E-state index in [9.17, 15) is 9.59 Å². The summed E-state index contributed by atoms with van der Waals surface area (Å²) < 4.78 is 4.69. The van der Waals surface area contributed by atoms with Gasteiger partial charge in [-0.1, -0.05) is 32.8 Å². The minimum atomic E-state index is -0.370. The van der Waals surface area contributed by atoms with Crippen molar-refractivity contribution >= 4 is 11.8 Å². The van der Waals surface area contributed by atoms with E-state index in [0.29, 0.717) is 5.56 Å². The van der Waals surface area contributed by atoms with Crippen LogP contribution in [0.1, 0.15) is 65.8 Å². The fourth-order valence-electron chi connectivity index (χ4n) is 2.51. The third-order valence-corrected chi connectivity index (χ3v) is 3.56. The molecule has 1 aromatic carbocycles. The van der Waals surface area contributed by atoms with Crippen LogP contribution in [0.3, 0.4) is 0 Å². The minimum Gasteiger partial charge on any atom is -0.465 e. The van der Waals surface area contributed by atoms with Gasteiger partial charge in [-0.3, -0.25) is 4.79 Å². The van der Waals surface area contributed by atoms with Crippen molar-refractivity contribution in [2.24, 2.45) is 5.92 Å². The Balaban J connectivity index is 3.00. The lowest BCUT2D eigenvalue weighted by Crippen LogP contribution is -2.16. The van der Waals surface area contributed by atoms with Crippen molar-refractivity contribution in [3.63, 3.8) is 0 Å². The highest BCUT2D eigenvalue weighted by molar-refractivity contribution is 6.00. The highest BCUT2D eigenvalue weighted by Crippen LogP contribution is 2.22. The van der Waals surface area contributed by atoms with Crippen LogP contribution >= 0.6 is 0 Å². The van der Waals surface area contributed by atoms with Gasteiger partial charge in [0.05, 0.1) is 12.7 Å². The number of hydrogen-bond donors (Lipinski definition) is 0. The van der Waals surface area contributed by atoms with E-state index in [0.717, 1.165) is 36.8 Å². The molecule has 0 saturated heterocycles. The monoisotopic (exact) mass is 276 g/mol. The van der Waals surface area contributed by atoms with Crippen LogP contribution in [0.15, 0.2) is 18.2 Å². The van der Waals surface area contributed by atoms with Crippen molar-refractivity contribution in [1.29, 1.82) is 0 Å². The Kier molecular flexibility index (Phi) is 6.43. The highest BCUT2D eigenvalue weighted by atomic mass is 16.5. The van der Waals surface area contributed by atoms with E-state index in [4.69, 9.17) is 4.74 Å². The van der Waals surface area contributed by atoms with Gasteiger partial charge in [0, 0.05) is 11.5 Å². The van der Waals surface area contributed by atoms with E-state index in [1.165, 1.54) is 7.11 Å². The number of methoxy groups -OCH3 is 1. The standard InChI is InChI=1S/C17H24O3/c1-5-7-13(8-6-2)16(18)15-10-9-14(11-12(15)3)17(19)20-4/h9-11,13H,5-8H2,1-4H3. The number of benzene rings is 1. The summed E-state index contributed by atoms with van der Waals surface area (Å²) in [5.74, 6) is -0.0824. The predicted molar refractivity (Wildman–Crippen MR) is 80.2 cm³/mol. The molecule has 3 nitrogen and oxygen atoms in total. The molecular weight excluding hydrogens is 252 g/mol. The summed E-state index contributed by atoms with van der Waals surface area (Å²) in [6, 6.07) is 5.15. The Morgan fingerprint density at radius 3 is 2.20 bits per heavy atom. The molecule has 0 fully saturated rings. The molecule has 0 aromatic heterocycles. The lowest BCUT2D eigenvalue weighted by molar-refractivity contribution is 0.0600. The number of hydrogen-bond acceptors (Lipinski definition) is 3. The molecule has 3 heteroatoms. The Morgan fingerprint density at radius 1 is 1.15 bits per heavy atom. The summed E-state index contributed by atoms with van der Waals surface area (Å²) in [6.07, 6.45) is 3.86. The molecule has 0 unspecified atom stereocenters. The Hall–Kier alpha value is -1.64. The zero-order valence-corrected chi connectivity index (χ0v) is 12.9. The Morgan fingerprint density at radius 2 is 1.75 bits per heavy atom. The summed E-state index contributed by atoms with van der Waals surface area (Å²) >= 11 is 0. The smallest absolute Gasteiger partial charge is 0.337 e. The average Bonchev–Trinajstić information content (AvgIpc) is 2.45. The number of esters is 1. The molecule has 1 rings (SSSR count). The summed E-state index contributed by atoms with van der Waals surface area (Å²) in [4.78, 5) is 24.1. The van der Waals surface area contributed by atoms with Gasteiger partial charge in [0.15, 0.2) is 5.78 Å². The van der Waals surface area contributed by atoms with Crippen molar-refractivity contribution in [3.8, 4) is 0 Å². The lowest BCUT2D eigenvalue weighted by atomic mass is 9.87. The number of carbonyl (C=O) groups excluding carboxylic acids is 2. The molecule has 0 radical (unpaired) electrons. The van der Waals surface area contributed by atoms with Gasteiger partial charge in [0.2, 0.25) is 0 Å². The second kappa shape index (κ2) is 7.83. The van der Waals surface area contributed by atoms with Crippen LogP contribution < -0.4 is 0 Å². The van der Waals surface area contributed by atoms with Gasteiger partial charge >= 0.3 is 5.97 Å². The van der Waals surface area contributed by atoms with E-state index < -0.39 is 0 Å². The Bertz CT molecular complexity index is 471. The van der Waals surface area contributed by atoms with Gasteiger partial charge in [-0.15, -0.1) is 0 Å². The number of Topliss-reactive ketones (excluding diaryl/α,β-unsaturated/α-hetero) is 1. The predicted octanol–water partition coefficient (Wildman–Crippen LogP) is 4.18. The molecule has 0 saturated carbocycles. The zero-order valence-electron chi connectivity index (χ0n) is 12.9. The second-order valence-electron chi connectivity index (χ2n) is 5.16. The molecule has 110 valence electrons. The summed E-state index contributed by atoms with van der Waals surface area (Å²) in [6.45, 7) is 6.07. The van der Waals surface area contributed by atoms with Gasteiger partial charge in [0.25, 0.3) is 0 Å². The maximum Gasteiger partial charge on any atom is 0.337 e. The van der Waals surface area contributed by atoms with Gasteiger partial charge < -0.3 is 4.74 Å². The molecule has 0 N–H and O–H groups in total. The first-order valence-corrected chi connectivity index (χ1v) is 7.28. The number of ether oxygens (including phenoxy) is 1. The maximum absolute atomic E-state index is 12.6. The third-order valence-electron chi connectivity index (χ3n) is 3.56. The zero-order chi connectivity index (χ0) is 15.1. The average molecular weight is 276 g/mol. The summed E-state index contributed by atoms with van der Waals surface area (Å²) in [7, 11) is 1.36. The second-order valence-corrected chi connectivity index (χ2v) is 5.16.